The summed E-state index contributed by atoms with van der Waals surface area (Å²) in [4.78, 5) is 32.4. The summed E-state index contributed by atoms with van der Waals surface area (Å²) in [5.74, 6) is 0.865. The number of benzene rings is 3. The Hall–Kier alpha value is -4.33. The Balaban J connectivity index is 1.27. The number of nitrogens with zero attached hydrogens (tertiary/aromatic N) is 4. The molecule has 1 fully saturated rings. The molecule has 38 heavy (non-hydrogen) atoms. The van der Waals surface area contributed by atoms with Crippen LogP contribution in [0.4, 0.5) is 4.39 Å². The second-order valence-electron chi connectivity index (χ2n) is 9.73. The zero-order chi connectivity index (χ0) is 26.5. The van der Waals surface area contributed by atoms with Crippen molar-refractivity contribution in [3.63, 3.8) is 0 Å². The molecule has 1 amide bonds. The van der Waals surface area contributed by atoms with E-state index < -0.39 is 6.04 Å². The van der Waals surface area contributed by atoms with Crippen LogP contribution in [-0.4, -0.2) is 43.9 Å². The molecule has 1 aliphatic heterocycles. The van der Waals surface area contributed by atoms with Gasteiger partial charge in [0.2, 0.25) is 5.91 Å². The van der Waals surface area contributed by atoms with E-state index in [0.717, 1.165) is 12.0 Å². The number of amides is 1. The molecule has 0 bridgehead atoms. The Kier molecular flexibility index (Phi) is 7.58. The molecule has 194 valence electrons. The number of halogens is 1. The molecule has 0 saturated carbocycles. The van der Waals surface area contributed by atoms with Crippen molar-refractivity contribution in [2.75, 3.05) is 6.54 Å². The van der Waals surface area contributed by atoms with Gasteiger partial charge in [-0.1, -0.05) is 36.4 Å². The smallest absolute Gasteiger partial charge is 0.244 e. The van der Waals surface area contributed by atoms with Crippen molar-refractivity contribution >= 4 is 11.7 Å². The van der Waals surface area contributed by atoms with Crippen molar-refractivity contribution in [2.24, 2.45) is 5.92 Å². The van der Waals surface area contributed by atoms with Crippen molar-refractivity contribution in [1.29, 1.82) is 0 Å². The summed E-state index contributed by atoms with van der Waals surface area (Å²) in [6.45, 7) is 2.67. The molecule has 4 aromatic rings. The predicted octanol–water partition coefficient (Wildman–Crippen LogP) is 4.79. The monoisotopic (exact) mass is 512 g/mol. The van der Waals surface area contributed by atoms with E-state index in [9.17, 15) is 14.0 Å². The maximum atomic E-state index is 13.5. The minimum absolute atomic E-state index is 0.0106. The normalized spacial score (nSPS) is 16.9. The van der Waals surface area contributed by atoms with Crippen LogP contribution >= 0.6 is 0 Å². The molecule has 0 unspecified atom stereocenters. The number of Topliss-reactive ketones (excluding diaryl/α,β-unsaturated/α-hetero) is 1. The summed E-state index contributed by atoms with van der Waals surface area (Å²) in [6.07, 6.45) is 4.56. The predicted molar refractivity (Wildman–Crippen MR) is 140 cm³/mol. The van der Waals surface area contributed by atoms with Gasteiger partial charge in [0.15, 0.2) is 5.78 Å². The average Bonchev–Trinajstić information content (AvgIpc) is 3.58. The largest absolute Gasteiger partial charge is 0.457 e. The zero-order valence-corrected chi connectivity index (χ0v) is 21.2. The van der Waals surface area contributed by atoms with Crippen LogP contribution in [0.1, 0.15) is 23.1 Å². The van der Waals surface area contributed by atoms with E-state index in [1.165, 1.54) is 40.6 Å². The molecule has 0 radical (unpaired) electrons. The maximum absolute atomic E-state index is 13.5. The highest BCUT2D eigenvalue weighted by Gasteiger charge is 2.39. The van der Waals surface area contributed by atoms with Crippen LogP contribution in [-0.2, 0) is 29.0 Å². The first-order chi connectivity index (χ1) is 18.4. The molecule has 5 rings (SSSR count). The topological polar surface area (TPSA) is 77.3 Å². The Bertz CT molecular complexity index is 1390. The van der Waals surface area contributed by atoms with Crippen molar-refractivity contribution in [1.82, 2.24) is 19.7 Å². The van der Waals surface area contributed by atoms with Gasteiger partial charge >= 0.3 is 0 Å². The second-order valence-corrected chi connectivity index (χ2v) is 9.73. The van der Waals surface area contributed by atoms with E-state index in [4.69, 9.17) is 4.74 Å². The van der Waals surface area contributed by atoms with Gasteiger partial charge in [-0.25, -0.2) is 14.1 Å². The van der Waals surface area contributed by atoms with Gasteiger partial charge in [-0.3, -0.25) is 9.59 Å². The van der Waals surface area contributed by atoms with Crippen LogP contribution < -0.4 is 4.74 Å². The number of aromatic nitrogens is 3. The van der Waals surface area contributed by atoms with Crippen molar-refractivity contribution in [2.45, 2.75) is 38.8 Å². The molecule has 3 aromatic carbocycles. The molecule has 0 spiro atoms. The Morgan fingerprint density at radius 3 is 2.39 bits per heavy atom. The molecule has 7 nitrogen and oxygen atoms in total. The number of carbonyl (C=O) groups excluding carboxylic acids is 2. The van der Waals surface area contributed by atoms with E-state index in [2.05, 4.69) is 29.1 Å². The van der Waals surface area contributed by atoms with E-state index in [-0.39, 0.29) is 36.4 Å². The minimum atomic E-state index is -0.491. The van der Waals surface area contributed by atoms with E-state index >= 15 is 0 Å². The first kappa shape index (κ1) is 25.3. The average molecular weight is 513 g/mol. The summed E-state index contributed by atoms with van der Waals surface area (Å²) in [7, 11) is 0. The molecular formula is C30H29FN4O3. The molecule has 1 aromatic heterocycles. The maximum Gasteiger partial charge on any atom is 0.244 e. The second kappa shape index (κ2) is 11.4. The molecule has 0 N–H and O–H groups in total. The van der Waals surface area contributed by atoms with Crippen LogP contribution in [0.5, 0.6) is 11.5 Å². The van der Waals surface area contributed by atoms with Crippen LogP contribution in [0, 0.1) is 18.7 Å². The first-order valence-electron chi connectivity index (χ1n) is 12.7. The number of hydrogen-bond acceptors (Lipinski definition) is 5. The molecule has 2 atom stereocenters. The summed E-state index contributed by atoms with van der Waals surface area (Å²) < 4.78 is 20.4. The Labute approximate surface area is 220 Å². The highest BCUT2D eigenvalue weighted by Crippen LogP contribution is 2.29. The molecular weight excluding hydrogens is 483 g/mol. The van der Waals surface area contributed by atoms with Crippen LogP contribution in [0.3, 0.4) is 0 Å². The highest BCUT2D eigenvalue weighted by atomic mass is 19.1. The third-order valence-corrected chi connectivity index (χ3v) is 6.96. The summed E-state index contributed by atoms with van der Waals surface area (Å²) in [5.41, 5.74) is 3.30. The lowest BCUT2D eigenvalue weighted by Gasteiger charge is -2.23. The highest BCUT2D eigenvalue weighted by molar-refractivity contribution is 5.91. The van der Waals surface area contributed by atoms with Crippen LogP contribution in [0.25, 0.3) is 0 Å². The molecule has 8 heteroatoms. The van der Waals surface area contributed by atoms with E-state index in [1.54, 1.807) is 29.2 Å². The van der Waals surface area contributed by atoms with Gasteiger partial charge in [0.25, 0.3) is 0 Å². The SMILES string of the molecule is Cc1ccccc1C[C@@H]1C[C@@H](C(=O)Cc2ccc(Oc3ccc(F)cc3)cc2)N(C(=O)Cn2cncn2)C1. The fraction of sp³-hybridized carbons (Fsp3) is 0.267. The Morgan fingerprint density at radius 2 is 1.71 bits per heavy atom. The number of rotatable bonds is 9. The number of ketones is 1. The molecule has 2 heterocycles. The fourth-order valence-electron chi connectivity index (χ4n) is 4.98. The van der Waals surface area contributed by atoms with Gasteiger partial charge in [-0.05, 0) is 78.8 Å². The lowest BCUT2D eigenvalue weighted by Crippen LogP contribution is -2.42. The summed E-state index contributed by atoms with van der Waals surface area (Å²) >= 11 is 0. The van der Waals surface area contributed by atoms with Gasteiger partial charge in [0.05, 0.1) is 6.04 Å². The molecule has 1 aliphatic rings. The zero-order valence-electron chi connectivity index (χ0n) is 21.2. The van der Waals surface area contributed by atoms with Crippen LogP contribution in [0.2, 0.25) is 0 Å². The third-order valence-electron chi connectivity index (χ3n) is 6.96. The Morgan fingerprint density at radius 1 is 1.00 bits per heavy atom. The van der Waals surface area contributed by atoms with Crippen molar-refractivity contribution in [3.05, 3.63) is 108 Å². The molecule has 1 saturated heterocycles. The van der Waals surface area contributed by atoms with E-state index in [0.29, 0.717) is 24.5 Å². The van der Waals surface area contributed by atoms with Gasteiger partial charge in [-0.15, -0.1) is 0 Å². The number of hydrogen-bond donors (Lipinski definition) is 0. The number of ether oxygens (including phenoxy) is 1. The van der Waals surface area contributed by atoms with Gasteiger partial charge in [-0.2, -0.15) is 5.10 Å². The molecule has 0 aliphatic carbocycles. The lowest BCUT2D eigenvalue weighted by atomic mass is 9.92. The van der Waals surface area contributed by atoms with Gasteiger partial charge in [0.1, 0.15) is 36.5 Å². The fourth-order valence-corrected chi connectivity index (χ4v) is 4.98. The van der Waals surface area contributed by atoms with Gasteiger partial charge in [0, 0.05) is 13.0 Å². The third kappa shape index (κ3) is 6.14. The summed E-state index contributed by atoms with van der Waals surface area (Å²) in [6, 6.07) is 20.8. The summed E-state index contributed by atoms with van der Waals surface area (Å²) in [5, 5.41) is 4.05. The number of aryl methyl sites for hydroxylation is 1. The lowest BCUT2D eigenvalue weighted by molar-refractivity contribution is -0.138. The van der Waals surface area contributed by atoms with Gasteiger partial charge < -0.3 is 9.64 Å². The quantitative estimate of drug-likeness (QED) is 0.322. The number of likely N-dealkylation sites (tertiary alicyclic amines) is 1. The number of carbonyl (C=O) groups is 2. The van der Waals surface area contributed by atoms with Crippen LogP contribution in [0.15, 0.2) is 85.5 Å². The first-order valence-corrected chi connectivity index (χ1v) is 12.7. The standard InChI is InChI=1S/C30H29FN4O3/c1-21-4-2-3-5-24(21)14-23-15-28(35(17-23)30(37)18-34-20-32-19-33-34)29(36)16-22-6-10-26(11-7-22)38-27-12-8-25(31)9-13-27/h2-13,19-20,23,28H,14-18H2,1H3/t23-,28+/m1/s1. The van der Waals surface area contributed by atoms with Crippen molar-refractivity contribution < 1.29 is 18.7 Å². The van der Waals surface area contributed by atoms with E-state index in [1.807, 2.05) is 24.3 Å². The minimum Gasteiger partial charge on any atom is -0.457 e. The van der Waals surface area contributed by atoms with Crippen molar-refractivity contribution in [3.8, 4) is 11.5 Å².